The monoisotopic (exact) mass is 252 g/mol. The van der Waals surface area contributed by atoms with E-state index >= 15 is 0 Å². The second-order valence-corrected chi connectivity index (χ2v) is 4.42. The van der Waals surface area contributed by atoms with E-state index in [2.05, 4.69) is 18.9 Å². The lowest BCUT2D eigenvalue weighted by Gasteiger charge is -2.12. The minimum absolute atomic E-state index is 0.193. The summed E-state index contributed by atoms with van der Waals surface area (Å²) in [6.45, 7) is 7.42. The van der Waals surface area contributed by atoms with Gasteiger partial charge >= 0.3 is 0 Å². The first-order valence-corrected chi connectivity index (χ1v) is 6.84. The molecule has 0 saturated carbocycles. The predicted molar refractivity (Wildman–Crippen MR) is 71.7 cm³/mol. The number of rotatable bonds is 9. The van der Waals surface area contributed by atoms with Crippen LogP contribution in [0.2, 0.25) is 0 Å². The molecule has 4 nitrogen and oxygen atoms in total. The fourth-order valence-electron chi connectivity index (χ4n) is 1.96. The van der Waals surface area contributed by atoms with Gasteiger partial charge in [-0.25, -0.2) is 0 Å². The van der Waals surface area contributed by atoms with Gasteiger partial charge in [0.05, 0.1) is 24.8 Å². The van der Waals surface area contributed by atoms with Crippen molar-refractivity contribution in [3.8, 4) is 0 Å². The summed E-state index contributed by atoms with van der Waals surface area (Å²) in [6.07, 6.45) is 5.00. The van der Waals surface area contributed by atoms with Gasteiger partial charge in [-0.3, -0.25) is 9.48 Å². The van der Waals surface area contributed by atoms with E-state index in [-0.39, 0.29) is 5.78 Å². The molecule has 18 heavy (non-hydrogen) atoms. The predicted octanol–water partition coefficient (Wildman–Crippen LogP) is 2.78. The maximum atomic E-state index is 11.7. The number of ether oxygens (including phenoxy) is 1. The van der Waals surface area contributed by atoms with Gasteiger partial charge < -0.3 is 4.74 Å². The lowest BCUT2D eigenvalue weighted by molar-refractivity contribution is -0.119. The number of aromatic nitrogens is 2. The standard InChI is InChI=1S/C14H24N2O2/c1-4-13(5-2)16-9-7-12(15-16)11-14(17)8-10-18-6-3/h7,9,13H,4-6,8,10-11H2,1-3H3. The summed E-state index contributed by atoms with van der Waals surface area (Å²) in [5.74, 6) is 0.193. The third-order valence-electron chi connectivity index (χ3n) is 3.09. The highest BCUT2D eigenvalue weighted by Crippen LogP contribution is 2.14. The molecule has 0 unspecified atom stereocenters. The van der Waals surface area contributed by atoms with Crippen LogP contribution in [0.25, 0.3) is 0 Å². The summed E-state index contributed by atoms with van der Waals surface area (Å²) >= 11 is 0. The Hall–Kier alpha value is -1.16. The molecule has 4 heteroatoms. The minimum Gasteiger partial charge on any atom is -0.381 e. The first-order chi connectivity index (χ1) is 8.71. The molecule has 0 spiro atoms. The second kappa shape index (κ2) is 8.03. The lowest BCUT2D eigenvalue weighted by atomic mass is 10.2. The van der Waals surface area contributed by atoms with Crippen molar-refractivity contribution in [1.82, 2.24) is 9.78 Å². The summed E-state index contributed by atoms with van der Waals surface area (Å²) in [7, 11) is 0. The van der Waals surface area contributed by atoms with Crippen LogP contribution in [0.1, 0.15) is 51.8 Å². The van der Waals surface area contributed by atoms with Gasteiger partial charge in [0.2, 0.25) is 0 Å². The van der Waals surface area contributed by atoms with E-state index in [1.165, 1.54) is 0 Å². The lowest BCUT2D eigenvalue weighted by Crippen LogP contribution is -2.10. The fourth-order valence-corrected chi connectivity index (χ4v) is 1.96. The zero-order valence-corrected chi connectivity index (χ0v) is 11.7. The van der Waals surface area contributed by atoms with E-state index in [9.17, 15) is 4.79 Å². The average Bonchev–Trinajstić information content (AvgIpc) is 2.79. The molecule has 0 aliphatic heterocycles. The van der Waals surface area contributed by atoms with E-state index in [4.69, 9.17) is 4.74 Å². The average molecular weight is 252 g/mol. The Morgan fingerprint density at radius 1 is 1.39 bits per heavy atom. The van der Waals surface area contributed by atoms with Crippen molar-refractivity contribution in [1.29, 1.82) is 0 Å². The molecule has 0 bridgehead atoms. The van der Waals surface area contributed by atoms with Crippen molar-refractivity contribution >= 4 is 5.78 Å². The summed E-state index contributed by atoms with van der Waals surface area (Å²) in [5.41, 5.74) is 0.864. The van der Waals surface area contributed by atoms with Gasteiger partial charge in [-0.05, 0) is 25.8 Å². The van der Waals surface area contributed by atoms with Gasteiger partial charge in [-0.15, -0.1) is 0 Å². The highest BCUT2D eigenvalue weighted by molar-refractivity contribution is 5.80. The molecule has 1 aromatic heterocycles. The van der Waals surface area contributed by atoms with E-state index < -0.39 is 0 Å². The van der Waals surface area contributed by atoms with Crippen LogP contribution in [0.4, 0.5) is 0 Å². The number of hydrogen-bond acceptors (Lipinski definition) is 3. The zero-order valence-electron chi connectivity index (χ0n) is 11.7. The van der Waals surface area contributed by atoms with Crippen molar-refractivity contribution in [2.24, 2.45) is 0 Å². The third-order valence-corrected chi connectivity index (χ3v) is 3.09. The van der Waals surface area contributed by atoms with Crippen LogP contribution in [0.3, 0.4) is 0 Å². The van der Waals surface area contributed by atoms with Crippen molar-refractivity contribution in [3.63, 3.8) is 0 Å². The molecule has 1 aromatic rings. The molecule has 0 atom stereocenters. The minimum atomic E-state index is 0.193. The Kier molecular flexibility index (Phi) is 6.65. The SMILES string of the molecule is CCOCCC(=O)Cc1ccn(C(CC)CC)n1. The molecule has 102 valence electrons. The summed E-state index contributed by atoms with van der Waals surface area (Å²) in [5, 5.41) is 4.48. The number of nitrogens with zero attached hydrogens (tertiary/aromatic N) is 2. The first kappa shape index (κ1) is 14.9. The molecule has 1 heterocycles. The van der Waals surface area contributed by atoms with Gasteiger partial charge in [0, 0.05) is 19.2 Å². The van der Waals surface area contributed by atoms with Crippen LogP contribution in [0.15, 0.2) is 12.3 Å². The van der Waals surface area contributed by atoms with Crippen LogP contribution >= 0.6 is 0 Å². The number of carbonyl (C=O) groups excluding carboxylic acids is 1. The Morgan fingerprint density at radius 2 is 2.11 bits per heavy atom. The van der Waals surface area contributed by atoms with Gasteiger partial charge in [-0.2, -0.15) is 5.10 Å². The maximum Gasteiger partial charge on any atom is 0.141 e. The first-order valence-electron chi connectivity index (χ1n) is 6.84. The third kappa shape index (κ3) is 4.61. The normalized spacial score (nSPS) is 11.1. The molecular weight excluding hydrogens is 228 g/mol. The van der Waals surface area contributed by atoms with Gasteiger partial charge in [0.25, 0.3) is 0 Å². The van der Waals surface area contributed by atoms with Crippen LogP contribution < -0.4 is 0 Å². The van der Waals surface area contributed by atoms with Crippen molar-refractivity contribution in [2.45, 2.75) is 52.5 Å². The van der Waals surface area contributed by atoms with E-state index in [0.29, 0.717) is 32.1 Å². The van der Waals surface area contributed by atoms with Crippen LogP contribution in [-0.4, -0.2) is 28.8 Å². The van der Waals surface area contributed by atoms with Crippen LogP contribution in [-0.2, 0) is 16.0 Å². The molecule has 1 rings (SSSR count). The van der Waals surface area contributed by atoms with Gasteiger partial charge in [0.15, 0.2) is 0 Å². The number of hydrogen-bond donors (Lipinski definition) is 0. The summed E-state index contributed by atoms with van der Waals surface area (Å²) in [6, 6.07) is 2.38. The highest BCUT2D eigenvalue weighted by Gasteiger charge is 2.10. The molecule has 0 aromatic carbocycles. The quantitative estimate of drug-likeness (QED) is 0.635. The second-order valence-electron chi connectivity index (χ2n) is 4.42. The number of Topliss-reactive ketones (excluding diaryl/α,β-unsaturated/α-hetero) is 1. The van der Waals surface area contributed by atoms with Crippen LogP contribution in [0.5, 0.6) is 0 Å². The summed E-state index contributed by atoms with van der Waals surface area (Å²) in [4.78, 5) is 11.7. The van der Waals surface area contributed by atoms with Crippen molar-refractivity contribution in [3.05, 3.63) is 18.0 Å². The van der Waals surface area contributed by atoms with Crippen molar-refractivity contribution in [2.75, 3.05) is 13.2 Å². The molecule has 0 N–H and O–H groups in total. The maximum absolute atomic E-state index is 11.7. The number of carbonyl (C=O) groups is 1. The van der Waals surface area contributed by atoms with E-state index in [1.54, 1.807) is 0 Å². The Labute approximate surface area is 109 Å². The van der Waals surface area contributed by atoms with Crippen LogP contribution in [0, 0.1) is 0 Å². The Balaban J connectivity index is 2.45. The van der Waals surface area contributed by atoms with Gasteiger partial charge in [-0.1, -0.05) is 13.8 Å². The largest absolute Gasteiger partial charge is 0.381 e. The molecule has 0 fully saturated rings. The summed E-state index contributed by atoms with van der Waals surface area (Å²) < 4.78 is 7.15. The van der Waals surface area contributed by atoms with E-state index in [0.717, 1.165) is 18.5 Å². The Bertz CT molecular complexity index is 356. The van der Waals surface area contributed by atoms with Crippen molar-refractivity contribution < 1.29 is 9.53 Å². The van der Waals surface area contributed by atoms with Gasteiger partial charge in [0.1, 0.15) is 5.78 Å². The molecule has 0 saturated heterocycles. The zero-order chi connectivity index (χ0) is 13.4. The number of ketones is 1. The fraction of sp³-hybridized carbons (Fsp3) is 0.714. The topological polar surface area (TPSA) is 44.1 Å². The molecule has 0 radical (unpaired) electrons. The molecule has 0 aliphatic rings. The van der Waals surface area contributed by atoms with E-state index in [1.807, 2.05) is 23.9 Å². The smallest absolute Gasteiger partial charge is 0.141 e. The molecule has 0 aliphatic carbocycles. The molecular formula is C14H24N2O2. The molecule has 0 amide bonds. The Morgan fingerprint density at radius 3 is 2.72 bits per heavy atom. The highest BCUT2D eigenvalue weighted by atomic mass is 16.5.